The molecule has 0 spiro atoms. The van der Waals surface area contributed by atoms with E-state index >= 15 is 0 Å². The summed E-state index contributed by atoms with van der Waals surface area (Å²) in [5.74, 6) is 1.32. The van der Waals surface area contributed by atoms with E-state index in [0.29, 0.717) is 0 Å². The van der Waals surface area contributed by atoms with Crippen molar-refractivity contribution in [2.75, 3.05) is 7.11 Å². The topological polar surface area (TPSA) is 77.5 Å². The van der Waals surface area contributed by atoms with Crippen molar-refractivity contribution in [1.29, 1.82) is 0 Å². The number of nitrogens with two attached hydrogens (primary N) is 1. The highest BCUT2D eigenvalue weighted by Gasteiger charge is 2.19. The van der Waals surface area contributed by atoms with Crippen LogP contribution in [0, 0.1) is 6.92 Å². The van der Waals surface area contributed by atoms with Crippen LogP contribution in [0.4, 0.5) is 0 Å². The molecule has 1 unspecified atom stereocenters. The fourth-order valence-corrected chi connectivity index (χ4v) is 2.17. The first-order valence-electron chi connectivity index (χ1n) is 6.57. The second kappa shape index (κ2) is 5.54. The number of rotatable bonds is 4. The van der Waals surface area contributed by atoms with E-state index in [9.17, 15) is 4.79 Å². The van der Waals surface area contributed by atoms with Gasteiger partial charge in [0.05, 0.1) is 19.2 Å². The van der Waals surface area contributed by atoms with Gasteiger partial charge in [0.2, 0.25) is 5.91 Å². The molecule has 5 nitrogen and oxygen atoms in total. The maximum absolute atomic E-state index is 11.7. The lowest BCUT2D eigenvalue weighted by atomic mass is 10.1. The van der Waals surface area contributed by atoms with Crippen molar-refractivity contribution in [2.45, 2.75) is 32.9 Å². The molecule has 5 heteroatoms. The first-order valence-corrected chi connectivity index (χ1v) is 6.57. The molecule has 20 heavy (non-hydrogen) atoms. The number of carbonyl (C=O) groups is 1. The highest BCUT2D eigenvalue weighted by atomic mass is 16.5. The molecule has 0 aliphatic carbocycles. The summed E-state index contributed by atoms with van der Waals surface area (Å²) in [6.07, 6.45) is 0. The monoisotopic (exact) mass is 276 g/mol. The predicted octanol–water partition coefficient (Wildman–Crippen LogP) is 2.27. The van der Waals surface area contributed by atoms with Gasteiger partial charge in [-0.2, -0.15) is 0 Å². The highest BCUT2D eigenvalue weighted by Crippen LogP contribution is 2.31. The summed E-state index contributed by atoms with van der Waals surface area (Å²) in [6.45, 7) is 5.50. The van der Waals surface area contributed by atoms with Crippen molar-refractivity contribution in [2.24, 2.45) is 5.73 Å². The first kappa shape index (κ1) is 14.4. The van der Waals surface area contributed by atoms with Crippen molar-refractivity contribution in [1.82, 2.24) is 5.32 Å². The van der Waals surface area contributed by atoms with Gasteiger partial charge in [-0.25, -0.2) is 0 Å². The minimum absolute atomic E-state index is 0.199. The van der Waals surface area contributed by atoms with Crippen LogP contribution < -0.4 is 15.8 Å². The number of nitrogens with one attached hydrogen (secondary N) is 1. The molecule has 0 saturated heterocycles. The molecule has 1 aromatic carbocycles. The number of hydrogen-bond acceptors (Lipinski definition) is 4. The number of amides is 1. The molecule has 2 aromatic rings. The Labute approximate surface area is 118 Å². The van der Waals surface area contributed by atoms with E-state index in [-0.39, 0.29) is 11.9 Å². The number of benzene rings is 1. The molecule has 0 aliphatic heterocycles. The van der Waals surface area contributed by atoms with Crippen LogP contribution in [0.15, 0.2) is 22.6 Å². The second-order valence-electron chi connectivity index (χ2n) is 4.97. The molecule has 0 saturated carbocycles. The smallest absolute Gasteiger partial charge is 0.237 e. The molecule has 0 aliphatic rings. The molecule has 2 atom stereocenters. The van der Waals surface area contributed by atoms with Crippen LogP contribution in [0.2, 0.25) is 0 Å². The maximum Gasteiger partial charge on any atom is 0.237 e. The number of fused-ring (bicyclic) bond motifs is 1. The van der Waals surface area contributed by atoms with E-state index in [4.69, 9.17) is 14.9 Å². The Morgan fingerprint density at radius 3 is 2.70 bits per heavy atom. The molecule has 108 valence electrons. The van der Waals surface area contributed by atoms with E-state index in [2.05, 4.69) is 5.32 Å². The molecular weight excluding hydrogens is 256 g/mol. The third-order valence-corrected chi connectivity index (χ3v) is 3.35. The zero-order valence-corrected chi connectivity index (χ0v) is 12.2. The van der Waals surface area contributed by atoms with Gasteiger partial charge in [0.1, 0.15) is 17.1 Å². The number of carbonyl (C=O) groups excluding carboxylic acids is 1. The van der Waals surface area contributed by atoms with Crippen molar-refractivity contribution < 1.29 is 13.9 Å². The first-order chi connectivity index (χ1) is 9.43. The SMILES string of the molecule is COc1ccc2oc(C(C)NC(=O)[C@H](C)N)c(C)c2c1. The average molecular weight is 276 g/mol. The number of methoxy groups -OCH3 is 1. The summed E-state index contributed by atoms with van der Waals surface area (Å²) >= 11 is 0. The summed E-state index contributed by atoms with van der Waals surface area (Å²) in [7, 11) is 1.63. The van der Waals surface area contributed by atoms with E-state index in [1.165, 1.54) is 0 Å². The van der Waals surface area contributed by atoms with Gasteiger partial charge >= 0.3 is 0 Å². The van der Waals surface area contributed by atoms with Crippen LogP contribution in [0.3, 0.4) is 0 Å². The van der Waals surface area contributed by atoms with Gasteiger partial charge in [0.25, 0.3) is 0 Å². The molecule has 1 aromatic heterocycles. The minimum atomic E-state index is -0.540. The summed E-state index contributed by atoms with van der Waals surface area (Å²) < 4.78 is 11.0. The van der Waals surface area contributed by atoms with E-state index < -0.39 is 6.04 Å². The van der Waals surface area contributed by atoms with Crippen molar-refractivity contribution in [3.05, 3.63) is 29.5 Å². The summed E-state index contributed by atoms with van der Waals surface area (Å²) in [5, 5.41) is 3.82. The van der Waals surface area contributed by atoms with Crippen LogP contribution in [0.25, 0.3) is 11.0 Å². The van der Waals surface area contributed by atoms with E-state index in [1.54, 1.807) is 14.0 Å². The van der Waals surface area contributed by atoms with Crippen LogP contribution in [0.1, 0.15) is 31.2 Å². The largest absolute Gasteiger partial charge is 0.497 e. The number of furan rings is 1. The third kappa shape index (κ3) is 2.63. The van der Waals surface area contributed by atoms with Crippen molar-refractivity contribution >= 4 is 16.9 Å². The van der Waals surface area contributed by atoms with Crippen LogP contribution in [-0.2, 0) is 4.79 Å². The van der Waals surface area contributed by atoms with E-state index in [0.717, 1.165) is 28.0 Å². The zero-order chi connectivity index (χ0) is 14.9. The number of aryl methyl sites for hydroxylation is 1. The van der Waals surface area contributed by atoms with Crippen LogP contribution in [-0.4, -0.2) is 19.1 Å². The second-order valence-corrected chi connectivity index (χ2v) is 4.97. The minimum Gasteiger partial charge on any atom is -0.497 e. The molecule has 1 heterocycles. The average Bonchev–Trinajstić information content (AvgIpc) is 2.75. The van der Waals surface area contributed by atoms with Crippen LogP contribution >= 0.6 is 0 Å². The highest BCUT2D eigenvalue weighted by molar-refractivity contribution is 5.84. The Morgan fingerprint density at radius 1 is 1.40 bits per heavy atom. The lowest BCUT2D eigenvalue weighted by Gasteiger charge is -2.14. The van der Waals surface area contributed by atoms with Gasteiger partial charge in [-0.15, -0.1) is 0 Å². The number of hydrogen-bond donors (Lipinski definition) is 2. The molecule has 3 N–H and O–H groups in total. The number of ether oxygens (including phenoxy) is 1. The molecule has 2 rings (SSSR count). The van der Waals surface area contributed by atoms with Gasteiger partial charge in [-0.3, -0.25) is 4.79 Å². The van der Waals surface area contributed by atoms with Gasteiger partial charge < -0.3 is 20.2 Å². The maximum atomic E-state index is 11.7. The fourth-order valence-electron chi connectivity index (χ4n) is 2.17. The van der Waals surface area contributed by atoms with Gasteiger partial charge in [0, 0.05) is 10.9 Å². The third-order valence-electron chi connectivity index (χ3n) is 3.35. The van der Waals surface area contributed by atoms with Crippen LogP contribution in [0.5, 0.6) is 5.75 Å². The standard InChI is InChI=1S/C15H20N2O3/c1-8-12-7-11(19-4)5-6-13(12)20-14(8)10(3)17-15(18)9(2)16/h5-7,9-10H,16H2,1-4H3,(H,17,18)/t9-,10?/m0/s1. The lowest BCUT2D eigenvalue weighted by molar-refractivity contribution is -0.122. The van der Waals surface area contributed by atoms with Gasteiger partial charge in [-0.05, 0) is 39.0 Å². The summed E-state index contributed by atoms with van der Waals surface area (Å²) in [6, 6.07) is 4.87. The Balaban J connectivity index is 2.35. The van der Waals surface area contributed by atoms with Gasteiger partial charge in [0.15, 0.2) is 0 Å². The molecule has 0 radical (unpaired) electrons. The Morgan fingerprint density at radius 2 is 2.10 bits per heavy atom. The summed E-state index contributed by atoms with van der Waals surface area (Å²) in [4.78, 5) is 11.7. The molecule has 1 amide bonds. The van der Waals surface area contributed by atoms with E-state index in [1.807, 2.05) is 32.0 Å². The normalized spacial score (nSPS) is 14.1. The van der Waals surface area contributed by atoms with Crippen molar-refractivity contribution in [3.8, 4) is 5.75 Å². The van der Waals surface area contributed by atoms with Crippen molar-refractivity contribution in [3.63, 3.8) is 0 Å². The lowest BCUT2D eigenvalue weighted by Crippen LogP contribution is -2.39. The Bertz CT molecular complexity index is 631. The quantitative estimate of drug-likeness (QED) is 0.898. The molecular formula is C15H20N2O3. The summed E-state index contributed by atoms with van der Waals surface area (Å²) in [5.41, 5.74) is 7.33. The Hall–Kier alpha value is -2.01. The molecule has 0 fully saturated rings. The van der Waals surface area contributed by atoms with Gasteiger partial charge in [-0.1, -0.05) is 0 Å². The fraction of sp³-hybridized carbons (Fsp3) is 0.400. The molecule has 0 bridgehead atoms. The zero-order valence-electron chi connectivity index (χ0n) is 12.2. The Kier molecular flexibility index (Phi) is 3.99. The predicted molar refractivity (Wildman–Crippen MR) is 77.7 cm³/mol.